The quantitative estimate of drug-likeness (QED) is 0.474. The van der Waals surface area contributed by atoms with Crippen LogP contribution < -0.4 is 4.90 Å². The number of aromatic nitrogens is 1. The number of piperazine rings is 1. The van der Waals surface area contributed by atoms with Gasteiger partial charge in [0.05, 0.1) is 4.70 Å². The SMILES string of the molecule is O=C(CC1CCC(CCN2CCN(c3nsc4ccccc34)CC2)CC1)OC1CCCCC1. The number of rotatable bonds is 7. The second kappa shape index (κ2) is 11.2. The molecule has 2 aliphatic carbocycles. The first-order valence-electron chi connectivity index (χ1n) is 13.3. The van der Waals surface area contributed by atoms with Crippen molar-refractivity contribution in [2.45, 2.75) is 76.7 Å². The fraction of sp³-hybridized carbons (Fsp3) is 0.704. The molecule has 0 unspecified atom stereocenters. The third kappa shape index (κ3) is 6.07. The topological polar surface area (TPSA) is 45.7 Å². The highest BCUT2D eigenvalue weighted by Gasteiger charge is 2.26. The summed E-state index contributed by atoms with van der Waals surface area (Å²) in [5, 5.41) is 1.30. The average Bonchev–Trinajstić information content (AvgIpc) is 3.29. The number of fused-ring (bicyclic) bond motifs is 1. The summed E-state index contributed by atoms with van der Waals surface area (Å²) in [5.41, 5.74) is 0. The zero-order chi connectivity index (χ0) is 22.5. The van der Waals surface area contributed by atoms with Crippen LogP contribution in [0.1, 0.15) is 70.6 Å². The van der Waals surface area contributed by atoms with E-state index in [1.54, 1.807) is 11.5 Å². The molecule has 33 heavy (non-hydrogen) atoms. The van der Waals surface area contributed by atoms with Crippen molar-refractivity contribution in [2.75, 3.05) is 37.6 Å². The highest BCUT2D eigenvalue weighted by Crippen LogP contribution is 2.34. The lowest BCUT2D eigenvalue weighted by molar-refractivity contribution is -0.152. The summed E-state index contributed by atoms with van der Waals surface area (Å²) in [4.78, 5) is 17.4. The van der Waals surface area contributed by atoms with E-state index in [0.29, 0.717) is 12.3 Å². The Balaban J connectivity index is 0.985. The molecule has 3 aliphatic rings. The molecule has 2 heterocycles. The monoisotopic (exact) mass is 469 g/mol. The smallest absolute Gasteiger partial charge is 0.306 e. The Morgan fingerprint density at radius 3 is 2.45 bits per heavy atom. The lowest BCUT2D eigenvalue weighted by Crippen LogP contribution is -2.47. The Hall–Kier alpha value is -1.66. The maximum absolute atomic E-state index is 12.3. The summed E-state index contributed by atoms with van der Waals surface area (Å²) < 4.78 is 11.8. The molecule has 0 N–H and O–H groups in total. The molecule has 1 aromatic heterocycles. The van der Waals surface area contributed by atoms with Crippen LogP contribution in [-0.4, -0.2) is 54.1 Å². The van der Waals surface area contributed by atoms with Crippen LogP contribution in [0.5, 0.6) is 0 Å². The van der Waals surface area contributed by atoms with E-state index in [1.807, 2.05) is 0 Å². The van der Waals surface area contributed by atoms with Crippen molar-refractivity contribution in [3.05, 3.63) is 24.3 Å². The van der Waals surface area contributed by atoms with Gasteiger partial charge in [0.25, 0.3) is 0 Å². The van der Waals surface area contributed by atoms with Crippen LogP contribution >= 0.6 is 11.5 Å². The molecule has 2 aromatic rings. The van der Waals surface area contributed by atoms with Crippen molar-refractivity contribution in [1.82, 2.24) is 9.27 Å². The number of carbonyl (C=O) groups is 1. The van der Waals surface area contributed by atoms with Crippen LogP contribution in [0, 0.1) is 11.8 Å². The minimum Gasteiger partial charge on any atom is -0.462 e. The Labute approximate surface area is 202 Å². The van der Waals surface area contributed by atoms with Crippen molar-refractivity contribution in [1.29, 1.82) is 0 Å². The highest BCUT2D eigenvalue weighted by molar-refractivity contribution is 7.13. The van der Waals surface area contributed by atoms with Gasteiger partial charge < -0.3 is 9.64 Å². The molecule has 0 atom stereocenters. The van der Waals surface area contributed by atoms with Gasteiger partial charge in [0.1, 0.15) is 11.9 Å². The van der Waals surface area contributed by atoms with Gasteiger partial charge in [-0.1, -0.05) is 31.4 Å². The van der Waals surface area contributed by atoms with E-state index in [2.05, 4.69) is 34.1 Å². The van der Waals surface area contributed by atoms with E-state index < -0.39 is 0 Å². The third-order valence-corrected chi connectivity index (χ3v) is 8.97. The summed E-state index contributed by atoms with van der Waals surface area (Å²) in [6, 6.07) is 8.58. The number of ether oxygens (including phenoxy) is 1. The van der Waals surface area contributed by atoms with Crippen LogP contribution in [0.4, 0.5) is 5.82 Å². The summed E-state index contributed by atoms with van der Waals surface area (Å²) in [5.74, 6) is 2.62. The van der Waals surface area contributed by atoms with E-state index in [0.717, 1.165) is 44.9 Å². The molecule has 3 fully saturated rings. The van der Waals surface area contributed by atoms with Crippen LogP contribution in [-0.2, 0) is 9.53 Å². The van der Waals surface area contributed by atoms with Crippen LogP contribution in [0.3, 0.4) is 0 Å². The Morgan fingerprint density at radius 1 is 0.939 bits per heavy atom. The van der Waals surface area contributed by atoms with E-state index in [-0.39, 0.29) is 12.1 Å². The summed E-state index contributed by atoms with van der Waals surface area (Å²) in [7, 11) is 0. The van der Waals surface area contributed by atoms with Gasteiger partial charge in [-0.15, -0.1) is 0 Å². The molecule has 0 spiro atoms. The Kier molecular flexibility index (Phi) is 7.82. The number of hydrogen-bond acceptors (Lipinski definition) is 6. The van der Waals surface area contributed by atoms with Gasteiger partial charge in [-0.2, -0.15) is 4.37 Å². The fourth-order valence-electron chi connectivity index (χ4n) is 6.03. The van der Waals surface area contributed by atoms with E-state index >= 15 is 0 Å². The summed E-state index contributed by atoms with van der Waals surface area (Å²) in [6.07, 6.45) is 13.0. The molecule has 1 aliphatic heterocycles. The molecule has 5 nitrogen and oxygen atoms in total. The maximum Gasteiger partial charge on any atom is 0.306 e. The highest BCUT2D eigenvalue weighted by atomic mass is 32.1. The number of hydrogen-bond donors (Lipinski definition) is 0. The molecule has 0 radical (unpaired) electrons. The first-order valence-corrected chi connectivity index (χ1v) is 14.0. The van der Waals surface area contributed by atoms with Crippen molar-refractivity contribution < 1.29 is 9.53 Å². The van der Waals surface area contributed by atoms with Crippen LogP contribution in [0.2, 0.25) is 0 Å². The Bertz CT molecular complexity index is 894. The second-order valence-corrected chi connectivity index (χ2v) is 11.3. The molecule has 1 saturated heterocycles. The molecule has 0 bridgehead atoms. The normalized spacial score (nSPS) is 25.4. The van der Waals surface area contributed by atoms with Gasteiger partial charge in [-0.25, -0.2) is 0 Å². The van der Waals surface area contributed by atoms with Crippen molar-refractivity contribution >= 4 is 33.4 Å². The average molecular weight is 470 g/mol. The molecule has 2 saturated carbocycles. The molecule has 6 heteroatoms. The van der Waals surface area contributed by atoms with E-state index in [9.17, 15) is 4.79 Å². The molecular formula is C27H39N3O2S. The largest absolute Gasteiger partial charge is 0.462 e. The molecule has 180 valence electrons. The first kappa shape index (κ1) is 23.1. The van der Waals surface area contributed by atoms with Crippen LogP contribution in [0.25, 0.3) is 10.1 Å². The third-order valence-electron chi connectivity index (χ3n) is 8.16. The van der Waals surface area contributed by atoms with Gasteiger partial charge in [0, 0.05) is 38.0 Å². The van der Waals surface area contributed by atoms with Crippen molar-refractivity contribution in [3.63, 3.8) is 0 Å². The number of nitrogens with zero attached hydrogens (tertiary/aromatic N) is 3. The molecule has 5 rings (SSSR count). The van der Waals surface area contributed by atoms with Gasteiger partial charge in [0.2, 0.25) is 0 Å². The summed E-state index contributed by atoms with van der Waals surface area (Å²) >= 11 is 1.62. The van der Waals surface area contributed by atoms with Crippen LogP contribution in [0.15, 0.2) is 24.3 Å². The van der Waals surface area contributed by atoms with Crippen molar-refractivity contribution in [2.24, 2.45) is 11.8 Å². The van der Waals surface area contributed by atoms with Gasteiger partial charge in [-0.3, -0.25) is 9.69 Å². The fourth-order valence-corrected chi connectivity index (χ4v) is 6.82. The minimum absolute atomic E-state index is 0.0658. The standard InChI is InChI=1S/C27H39N3O2S/c31-26(32-23-6-2-1-3-7-23)20-22-12-10-21(11-13-22)14-15-29-16-18-30(19-17-29)27-24-8-4-5-9-25(24)33-28-27/h4-5,8-9,21-23H,1-3,6-7,10-20H2. The minimum atomic E-state index is 0.0658. The summed E-state index contributed by atoms with van der Waals surface area (Å²) in [6.45, 7) is 5.63. The molecular weight excluding hydrogens is 430 g/mol. The van der Waals surface area contributed by atoms with Crippen molar-refractivity contribution in [3.8, 4) is 0 Å². The Morgan fingerprint density at radius 2 is 1.67 bits per heavy atom. The molecule has 1 aromatic carbocycles. The van der Waals surface area contributed by atoms with Gasteiger partial charge >= 0.3 is 5.97 Å². The van der Waals surface area contributed by atoms with Gasteiger partial charge in [0.15, 0.2) is 0 Å². The number of benzene rings is 1. The van der Waals surface area contributed by atoms with E-state index in [4.69, 9.17) is 9.11 Å². The predicted molar refractivity (Wildman–Crippen MR) is 136 cm³/mol. The van der Waals surface area contributed by atoms with E-state index in [1.165, 1.54) is 73.8 Å². The number of anilines is 1. The maximum atomic E-state index is 12.3. The zero-order valence-corrected chi connectivity index (χ0v) is 20.7. The van der Waals surface area contributed by atoms with Gasteiger partial charge in [-0.05, 0) is 87.0 Å². The number of carbonyl (C=O) groups excluding carboxylic acids is 1. The first-order chi connectivity index (χ1) is 16.2. The zero-order valence-electron chi connectivity index (χ0n) is 19.9. The number of esters is 1. The molecule has 0 amide bonds. The predicted octanol–water partition coefficient (Wildman–Crippen LogP) is 5.88. The lowest BCUT2D eigenvalue weighted by atomic mass is 9.79. The lowest BCUT2D eigenvalue weighted by Gasteiger charge is -2.36. The second-order valence-electron chi connectivity index (χ2n) is 10.5.